The van der Waals surface area contributed by atoms with Crippen LogP contribution in [0.1, 0.15) is 0 Å². The summed E-state index contributed by atoms with van der Waals surface area (Å²) in [5.41, 5.74) is 12.0. The molecule has 8 aromatic carbocycles. The van der Waals surface area contributed by atoms with Gasteiger partial charge in [-0.15, -0.1) is 0 Å². The maximum Gasteiger partial charge on any atom is 0.143 e. The highest BCUT2D eigenvalue weighted by molar-refractivity contribution is 6.12. The first-order valence-electron chi connectivity index (χ1n) is 16.3. The number of furan rings is 1. The minimum Gasteiger partial charge on any atom is -0.455 e. The van der Waals surface area contributed by atoms with Crippen LogP contribution >= 0.6 is 0 Å². The summed E-state index contributed by atoms with van der Waals surface area (Å²) < 4.78 is 6.61. The Labute approximate surface area is 279 Å². The smallest absolute Gasteiger partial charge is 0.143 e. The molecule has 0 radical (unpaired) electrons. The van der Waals surface area contributed by atoms with Gasteiger partial charge in [0.05, 0.1) is 0 Å². The van der Waals surface area contributed by atoms with E-state index >= 15 is 0 Å². The SMILES string of the molecule is c1ccc(-c2ccc(N(c3ccc(-c4ccccc4)cc3)c3cc(-c4ccc5ccccc5c4)c4oc5ccccc5c4c3)cc2)cc1. The van der Waals surface area contributed by atoms with Crippen molar-refractivity contribution in [1.82, 2.24) is 0 Å². The molecule has 0 aliphatic heterocycles. The summed E-state index contributed by atoms with van der Waals surface area (Å²) in [4.78, 5) is 2.36. The number of anilines is 3. The molecule has 0 saturated heterocycles. The van der Waals surface area contributed by atoms with Gasteiger partial charge in [-0.05, 0) is 87.1 Å². The summed E-state index contributed by atoms with van der Waals surface area (Å²) in [6.45, 7) is 0. The van der Waals surface area contributed by atoms with Crippen LogP contribution in [0.15, 0.2) is 192 Å². The van der Waals surface area contributed by atoms with E-state index < -0.39 is 0 Å². The maximum absolute atomic E-state index is 6.61. The maximum atomic E-state index is 6.61. The molecule has 9 rings (SSSR count). The fraction of sp³-hybridized carbons (Fsp3) is 0. The summed E-state index contributed by atoms with van der Waals surface area (Å²) in [6.07, 6.45) is 0. The Balaban J connectivity index is 1.26. The van der Waals surface area contributed by atoms with E-state index in [1.165, 1.54) is 33.0 Å². The van der Waals surface area contributed by atoms with Crippen molar-refractivity contribution in [3.63, 3.8) is 0 Å². The van der Waals surface area contributed by atoms with Crippen LogP contribution in [0.4, 0.5) is 17.1 Å². The minimum absolute atomic E-state index is 0.887. The van der Waals surface area contributed by atoms with E-state index in [0.29, 0.717) is 0 Å². The lowest BCUT2D eigenvalue weighted by molar-refractivity contribution is 0.670. The van der Waals surface area contributed by atoms with Gasteiger partial charge in [0.15, 0.2) is 0 Å². The first-order valence-corrected chi connectivity index (χ1v) is 16.3. The fourth-order valence-electron chi connectivity index (χ4n) is 6.83. The fourth-order valence-corrected chi connectivity index (χ4v) is 6.83. The minimum atomic E-state index is 0.887. The lowest BCUT2D eigenvalue weighted by Gasteiger charge is -2.27. The number of fused-ring (bicyclic) bond motifs is 4. The molecular formula is C46H31NO. The Bertz CT molecular complexity index is 2450. The predicted molar refractivity (Wildman–Crippen MR) is 202 cm³/mol. The molecule has 0 aliphatic carbocycles. The Morgan fingerprint density at radius 3 is 1.50 bits per heavy atom. The van der Waals surface area contributed by atoms with E-state index in [1.54, 1.807) is 0 Å². The van der Waals surface area contributed by atoms with Gasteiger partial charge in [0.1, 0.15) is 11.2 Å². The van der Waals surface area contributed by atoms with Crippen LogP contribution in [0.2, 0.25) is 0 Å². The molecule has 226 valence electrons. The van der Waals surface area contributed by atoms with Crippen LogP contribution in [-0.2, 0) is 0 Å². The normalized spacial score (nSPS) is 11.3. The molecule has 2 nitrogen and oxygen atoms in total. The van der Waals surface area contributed by atoms with Gasteiger partial charge in [0, 0.05) is 33.4 Å². The zero-order chi connectivity index (χ0) is 31.9. The van der Waals surface area contributed by atoms with Crippen molar-refractivity contribution in [2.24, 2.45) is 0 Å². The lowest BCUT2D eigenvalue weighted by atomic mass is 9.97. The summed E-state index contributed by atoms with van der Waals surface area (Å²) in [6, 6.07) is 66.9. The van der Waals surface area contributed by atoms with Crippen LogP contribution < -0.4 is 4.90 Å². The van der Waals surface area contributed by atoms with Gasteiger partial charge in [-0.25, -0.2) is 0 Å². The number of hydrogen-bond acceptors (Lipinski definition) is 2. The molecule has 0 spiro atoms. The van der Waals surface area contributed by atoms with Crippen molar-refractivity contribution < 1.29 is 4.42 Å². The van der Waals surface area contributed by atoms with Crippen molar-refractivity contribution >= 4 is 49.8 Å². The van der Waals surface area contributed by atoms with Crippen molar-refractivity contribution in [1.29, 1.82) is 0 Å². The molecule has 0 aliphatic rings. The number of nitrogens with zero attached hydrogens (tertiary/aromatic N) is 1. The summed E-state index contributed by atoms with van der Waals surface area (Å²) in [5, 5.41) is 4.62. The second-order valence-electron chi connectivity index (χ2n) is 12.2. The number of para-hydroxylation sites is 1. The third-order valence-corrected chi connectivity index (χ3v) is 9.25. The average molecular weight is 614 g/mol. The predicted octanol–water partition coefficient (Wildman–Crippen LogP) is 13.2. The molecular weight excluding hydrogens is 583 g/mol. The van der Waals surface area contributed by atoms with Gasteiger partial charge in [-0.2, -0.15) is 0 Å². The van der Waals surface area contributed by atoms with E-state index in [9.17, 15) is 0 Å². The number of benzene rings is 8. The Morgan fingerprint density at radius 1 is 0.333 bits per heavy atom. The Morgan fingerprint density at radius 2 is 0.854 bits per heavy atom. The second kappa shape index (κ2) is 11.8. The molecule has 2 heteroatoms. The van der Waals surface area contributed by atoms with Crippen LogP contribution in [0.3, 0.4) is 0 Å². The standard InChI is InChI=1S/C46H31NO/c1-3-11-32(12-4-1)35-21-25-39(26-22-35)47(40-27-23-36(24-28-40)33-13-5-2-6-14-33)41-30-43(38-20-19-34-15-7-8-16-37(34)29-38)46-44(31-41)42-17-9-10-18-45(42)48-46/h1-31H. The second-order valence-corrected chi connectivity index (χ2v) is 12.2. The van der Waals surface area contributed by atoms with Crippen LogP contribution in [-0.4, -0.2) is 0 Å². The van der Waals surface area contributed by atoms with Crippen molar-refractivity contribution in [3.8, 4) is 33.4 Å². The van der Waals surface area contributed by atoms with Gasteiger partial charge in [0.25, 0.3) is 0 Å². The molecule has 0 N–H and O–H groups in total. The zero-order valence-corrected chi connectivity index (χ0v) is 26.3. The molecule has 0 unspecified atom stereocenters. The topological polar surface area (TPSA) is 16.4 Å². The van der Waals surface area contributed by atoms with E-state index in [1.807, 2.05) is 6.07 Å². The van der Waals surface area contributed by atoms with Crippen LogP contribution in [0, 0.1) is 0 Å². The molecule has 1 heterocycles. The largest absolute Gasteiger partial charge is 0.455 e. The Hall–Kier alpha value is -6.38. The molecule has 1 aromatic heterocycles. The van der Waals surface area contributed by atoms with Crippen LogP contribution in [0.25, 0.3) is 66.1 Å². The summed E-state index contributed by atoms with van der Waals surface area (Å²) >= 11 is 0. The van der Waals surface area contributed by atoms with Crippen molar-refractivity contribution in [3.05, 3.63) is 188 Å². The quantitative estimate of drug-likeness (QED) is 0.185. The molecule has 9 aromatic rings. The molecule has 48 heavy (non-hydrogen) atoms. The lowest BCUT2D eigenvalue weighted by Crippen LogP contribution is -2.10. The first-order chi connectivity index (χ1) is 23.8. The van der Waals surface area contributed by atoms with Gasteiger partial charge in [0.2, 0.25) is 0 Å². The molecule has 0 amide bonds. The van der Waals surface area contributed by atoms with E-state index in [0.717, 1.165) is 50.1 Å². The van der Waals surface area contributed by atoms with Gasteiger partial charge in [-0.3, -0.25) is 0 Å². The monoisotopic (exact) mass is 613 g/mol. The van der Waals surface area contributed by atoms with Gasteiger partial charge < -0.3 is 9.32 Å². The first kappa shape index (κ1) is 27.9. The highest BCUT2D eigenvalue weighted by atomic mass is 16.3. The summed E-state index contributed by atoms with van der Waals surface area (Å²) in [5.74, 6) is 0. The molecule has 0 bridgehead atoms. The highest BCUT2D eigenvalue weighted by Gasteiger charge is 2.20. The molecule has 0 fully saturated rings. The third-order valence-electron chi connectivity index (χ3n) is 9.25. The van der Waals surface area contributed by atoms with Gasteiger partial charge in [-0.1, -0.05) is 140 Å². The van der Waals surface area contributed by atoms with Crippen molar-refractivity contribution in [2.75, 3.05) is 4.90 Å². The van der Waals surface area contributed by atoms with Crippen molar-refractivity contribution in [2.45, 2.75) is 0 Å². The Kier molecular flexibility index (Phi) is 6.84. The van der Waals surface area contributed by atoms with Gasteiger partial charge >= 0.3 is 0 Å². The molecule has 0 saturated carbocycles. The van der Waals surface area contributed by atoms with E-state index in [2.05, 4.69) is 187 Å². The van der Waals surface area contributed by atoms with E-state index in [4.69, 9.17) is 4.42 Å². The van der Waals surface area contributed by atoms with Crippen LogP contribution in [0.5, 0.6) is 0 Å². The highest BCUT2D eigenvalue weighted by Crippen LogP contribution is 2.44. The average Bonchev–Trinajstić information content (AvgIpc) is 3.54. The third kappa shape index (κ3) is 5.01. The number of rotatable bonds is 6. The molecule has 0 atom stereocenters. The number of hydrogen-bond donors (Lipinski definition) is 0. The summed E-state index contributed by atoms with van der Waals surface area (Å²) in [7, 11) is 0. The zero-order valence-electron chi connectivity index (χ0n) is 26.3. The van der Waals surface area contributed by atoms with E-state index in [-0.39, 0.29) is 0 Å².